The molecule has 3 N–H and O–H groups in total. The van der Waals surface area contributed by atoms with Gasteiger partial charge in [0.2, 0.25) is 0 Å². The third-order valence-electron chi connectivity index (χ3n) is 5.17. The lowest BCUT2D eigenvalue weighted by atomic mass is 9.78. The Balaban J connectivity index is 1.55. The Bertz CT molecular complexity index is 1090. The number of nitrogens with two attached hydrogens (primary N) is 1. The van der Waals surface area contributed by atoms with Crippen LogP contribution in [0.4, 0.5) is 27.6 Å². The fraction of sp³-hybridized carbons (Fsp3) is 0.350. The van der Waals surface area contributed by atoms with Gasteiger partial charge in [-0.1, -0.05) is 0 Å². The number of anilines is 1. The van der Waals surface area contributed by atoms with Gasteiger partial charge in [0.25, 0.3) is 11.9 Å². The molecule has 1 amide bonds. The molecule has 1 aromatic heterocycles. The van der Waals surface area contributed by atoms with Crippen LogP contribution in [0.5, 0.6) is 5.75 Å². The number of rotatable bonds is 5. The third-order valence-corrected chi connectivity index (χ3v) is 5.17. The molecular weight excluding hydrogens is 455 g/mol. The van der Waals surface area contributed by atoms with E-state index in [2.05, 4.69) is 20.0 Å². The average molecular weight is 472 g/mol. The fourth-order valence-electron chi connectivity index (χ4n) is 3.57. The number of amidine groups is 1. The van der Waals surface area contributed by atoms with Crippen molar-refractivity contribution in [2.45, 2.75) is 17.4 Å². The van der Waals surface area contributed by atoms with Crippen LogP contribution in [0.3, 0.4) is 0 Å². The largest absolute Gasteiger partial charge is 0.483 e. The van der Waals surface area contributed by atoms with Crippen molar-refractivity contribution in [1.82, 2.24) is 4.98 Å². The molecule has 2 aliphatic heterocycles. The van der Waals surface area contributed by atoms with E-state index in [1.54, 1.807) is 0 Å². The average Bonchev–Trinajstić information content (AvgIpc) is 3.10. The molecule has 176 valence electrons. The van der Waals surface area contributed by atoms with E-state index < -0.39 is 42.3 Å². The van der Waals surface area contributed by atoms with Crippen LogP contribution >= 0.6 is 0 Å². The quantitative estimate of drug-likeness (QED) is 0.648. The predicted octanol–water partition coefficient (Wildman–Crippen LogP) is 2.69. The molecule has 0 bridgehead atoms. The smallest absolute Gasteiger partial charge is 0.422 e. The summed E-state index contributed by atoms with van der Waals surface area (Å²) < 4.78 is 81.7. The fourth-order valence-corrected chi connectivity index (χ4v) is 3.57. The van der Waals surface area contributed by atoms with Crippen molar-refractivity contribution in [1.29, 1.82) is 0 Å². The Labute approximate surface area is 183 Å². The van der Waals surface area contributed by atoms with Crippen LogP contribution < -0.4 is 15.8 Å². The monoisotopic (exact) mass is 472 g/mol. The summed E-state index contributed by atoms with van der Waals surface area (Å²) in [4.78, 5) is 20.3. The first-order valence-corrected chi connectivity index (χ1v) is 9.53. The Morgan fingerprint density at radius 2 is 2.00 bits per heavy atom. The topological polar surface area (TPSA) is 108 Å². The zero-order valence-electron chi connectivity index (χ0n) is 16.8. The molecule has 2 aliphatic rings. The molecule has 3 heterocycles. The number of nitrogens with one attached hydrogen (secondary N) is 1. The zero-order valence-corrected chi connectivity index (χ0v) is 16.8. The van der Waals surface area contributed by atoms with Gasteiger partial charge in [0.15, 0.2) is 17.8 Å². The highest BCUT2D eigenvalue weighted by Crippen LogP contribution is 2.48. The molecule has 13 heteroatoms. The Kier molecular flexibility index (Phi) is 5.60. The van der Waals surface area contributed by atoms with Crippen LogP contribution in [0.2, 0.25) is 0 Å². The lowest BCUT2D eigenvalue weighted by Gasteiger charge is -2.38. The molecular formula is C20H17F5N4O4. The summed E-state index contributed by atoms with van der Waals surface area (Å²) in [6.45, 7) is -2.65. The first-order chi connectivity index (χ1) is 15.5. The van der Waals surface area contributed by atoms with Gasteiger partial charge >= 0.3 is 6.18 Å². The molecule has 0 unspecified atom stereocenters. The summed E-state index contributed by atoms with van der Waals surface area (Å²) in [7, 11) is 0. The lowest BCUT2D eigenvalue weighted by molar-refractivity contribution is -0.153. The van der Waals surface area contributed by atoms with Gasteiger partial charge in [0.1, 0.15) is 23.9 Å². The van der Waals surface area contributed by atoms with Crippen LogP contribution in [0.15, 0.2) is 41.5 Å². The summed E-state index contributed by atoms with van der Waals surface area (Å²) >= 11 is 0. The lowest BCUT2D eigenvalue weighted by Crippen LogP contribution is -2.55. The van der Waals surface area contributed by atoms with Crippen LogP contribution in [0.25, 0.3) is 0 Å². The van der Waals surface area contributed by atoms with Crippen molar-refractivity contribution in [2.75, 3.05) is 31.7 Å². The number of aliphatic imine (C=N–C) groups is 1. The van der Waals surface area contributed by atoms with E-state index in [0.29, 0.717) is 0 Å². The summed E-state index contributed by atoms with van der Waals surface area (Å²) in [5, 5.41) is 2.48. The molecule has 2 aromatic rings. The first kappa shape index (κ1) is 22.7. The van der Waals surface area contributed by atoms with Crippen molar-refractivity contribution >= 4 is 17.6 Å². The maximum atomic E-state index is 15.5. The SMILES string of the molecule is NC1=N[C@@]2(c3cc(NC(=O)c4ccc(OCC(F)(F)F)cn4)ccc3F)COC[C@@]2(F)CO1. The molecule has 0 saturated carbocycles. The number of nitrogens with zero attached hydrogens (tertiary/aromatic N) is 2. The van der Waals surface area contributed by atoms with Crippen molar-refractivity contribution in [3.05, 3.63) is 53.6 Å². The summed E-state index contributed by atoms with van der Waals surface area (Å²) in [6.07, 6.45) is -3.56. The number of pyridine rings is 1. The summed E-state index contributed by atoms with van der Waals surface area (Å²) in [6, 6.07) is 5.47. The number of amides is 1. The minimum atomic E-state index is -4.52. The number of hydrogen-bond acceptors (Lipinski definition) is 7. The van der Waals surface area contributed by atoms with E-state index in [1.165, 1.54) is 12.1 Å². The number of fused-ring (bicyclic) bond motifs is 1. The van der Waals surface area contributed by atoms with E-state index in [9.17, 15) is 22.4 Å². The minimum absolute atomic E-state index is 0.0967. The molecule has 1 saturated heterocycles. The number of benzene rings is 1. The third kappa shape index (κ3) is 4.40. The van der Waals surface area contributed by atoms with E-state index in [0.717, 1.165) is 24.4 Å². The number of hydrogen-bond donors (Lipinski definition) is 2. The maximum Gasteiger partial charge on any atom is 0.422 e. The molecule has 0 spiro atoms. The predicted molar refractivity (Wildman–Crippen MR) is 104 cm³/mol. The number of alkyl halides is 4. The number of carbonyl (C=O) groups is 1. The summed E-state index contributed by atoms with van der Waals surface area (Å²) in [5.74, 6) is -1.71. The van der Waals surface area contributed by atoms with Gasteiger partial charge in [0.05, 0.1) is 19.4 Å². The Morgan fingerprint density at radius 1 is 1.21 bits per heavy atom. The Hall–Kier alpha value is -3.48. The van der Waals surface area contributed by atoms with Crippen LogP contribution in [0, 0.1) is 5.82 Å². The van der Waals surface area contributed by atoms with Crippen molar-refractivity contribution < 1.29 is 41.0 Å². The van der Waals surface area contributed by atoms with Gasteiger partial charge in [-0.25, -0.2) is 18.8 Å². The van der Waals surface area contributed by atoms with Crippen LogP contribution in [-0.4, -0.2) is 55.2 Å². The van der Waals surface area contributed by atoms with Gasteiger partial charge in [-0.3, -0.25) is 4.79 Å². The van der Waals surface area contributed by atoms with E-state index in [-0.39, 0.29) is 41.9 Å². The number of ether oxygens (including phenoxy) is 3. The second kappa shape index (κ2) is 8.14. The van der Waals surface area contributed by atoms with E-state index in [1.807, 2.05) is 0 Å². The molecule has 4 rings (SSSR count). The van der Waals surface area contributed by atoms with Crippen molar-refractivity contribution in [3.63, 3.8) is 0 Å². The van der Waals surface area contributed by atoms with Gasteiger partial charge in [0, 0.05) is 11.3 Å². The molecule has 0 aliphatic carbocycles. The standard InChI is InChI=1S/C20H17F5N4O4/c21-14-3-1-11(5-13(14)19-9-31-7-18(19,22)8-33-17(26)29-19)28-16(30)15-4-2-12(6-27-15)32-10-20(23,24)25/h1-6H,7-10H2,(H2,26,29)(H,28,30)/t18-,19-/m1/s1. The van der Waals surface area contributed by atoms with Gasteiger partial charge in [-0.15, -0.1) is 0 Å². The van der Waals surface area contributed by atoms with Gasteiger partial charge in [-0.05, 0) is 30.3 Å². The van der Waals surface area contributed by atoms with Gasteiger partial charge in [-0.2, -0.15) is 13.2 Å². The highest BCUT2D eigenvalue weighted by atomic mass is 19.4. The molecule has 0 radical (unpaired) electrons. The summed E-state index contributed by atoms with van der Waals surface area (Å²) in [5.41, 5.74) is 1.41. The molecule has 8 nitrogen and oxygen atoms in total. The van der Waals surface area contributed by atoms with Crippen molar-refractivity contribution in [2.24, 2.45) is 10.7 Å². The second-order valence-electron chi connectivity index (χ2n) is 7.49. The molecule has 33 heavy (non-hydrogen) atoms. The first-order valence-electron chi connectivity index (χ1n) is 9.53. The maximum absolute atomic E-state index is 15.5. The second-order valence-corrected chi connectivity index (χ2v) is 7.49. The minimum Gasteiger partial charge on any atom is -0.483 e. The number of aromatic nitrogens is 1. The number of halogens is 5. The normalized spacial score (nSPS) is 24.5. The molecule has 1 aromatic carbocycles. The van der Waals surface area contributed by atoms with E-state index in [4.69, 9.17) is 15.2 Å². The van der Waals surface area contributed by atoms with Crippen LogP contribution in [-0.2, 0) is 15.0 Å². The highest BCUT2D eigenvalue weighted by Gasteiger charge is 2.62. The van der Waals surface area contributed by atoms with Crippen molar-refractivity contribution in [3.8, 4) is 5.75 Å². The molecule has 1 fully saturated rings. The highest BCUT2D eigenvalue weighted by molar-refractivity contribution is 6.02. The number of carbonyl (C=O) groups excluding carboxylic acids is 1. The Morgan fingerprint density at radius 3 is 2.70 bits per heavy atom. The van der Waals surface area contributed by atoms with E-state index >= 15 is 4.39 Å². The molecule has 2 atom stereocenters. The zero-order chi connectivity index (χ0) is 23.9. The van der Waals surface area contributed by atoms with Crippen LogP contribution in [0.1, 0.15) is 16.1 Å². The van der Waals surface area contributed by atoms with Gasteiger partial charge < -0.3 is 25.3 Å².